The molecule has 6 aromatic rings. The molecule has 1 amide bonds. The molecule has 65 heavy (non-hydrogen) atoms. The topological polar surface area (TPSA) is 199 Å². The third kappa shape index (κ3) is 11.1. The van der Waals surface area contributed by atoms with Crippen LogP contribution in [0.5, 0.6) is 11.5 Å². The molecule has 4 heterocycles. The van der Waals surface area contributed by atoms with E-state index in [1.165, 1.54) is 14.2 Å². The molecule has 21 heteroatoms. The van der Waals surface area contributed by atoms with Crippen LogP contribution in [0, 0.1) is 0 Å². The Morgan fingerprint density at radius 3 is 1.55 bits per heavy atom. The Labute approximate surface area is 392 Å². The average molecular weight is 977 g/mol. The number of para-hydroxylation sites is 2. The number of nitrogen functional groups attached to an aromatic ring is 2. The maximum atomic E-state index is 13.6. The Morgan fingerprint density at radius 2 is 1.11 bits per heavy atom. The number of methoxy groups -OCH3 is 2. The minimum Gasteiger partial charge on any atom is -0.496 e. The Kier molecular flexibility index (Phi) is 16.6. The van der Waals surface area contributed by atoms with Crippen LogP contribution >= 0.6 is 46.4 Å². The number of carbonyl (C=O) groups excluding carboxylic acids is 1. The molecule has 2 aliphatic rings. The molecule has 2 saturated heterocycles. The van der Waals surface area contributed by atoms with Crippen LogP contribution in [-0.2, 0) is 13.3 Å². The van der Waals surface area contributed by atoms with Crippen molar-refractivity contribution < 1.29 is 42.0 Å². The molecule has 0 unspecified atom stereocenters. The standard InChI is InChI=1S/C22H21Cl2FN4O3.C12H10FNO4.C10H13Cl2N3/c1-31-18-5-3-2-4-13(18)21-20(19(12-25)32-27-21)22(30)29-8-6-28(7-9-29)17-11-16(26)14(23)10-15(17)24;1-17-8-5-3-2-4-7(8)11-10(12(15)16)9(6-13)18-14-11;11-7-5-8(12)10(6-9(7)13)15-3-1-14-2-4-15/h2-5,10-11H,6-9,12,26H2,1H3;2-5H,6H2,1H3,(H,15,16);5-6,14H,1-4,13H2. The lowest BCUT2D eigenvalue weighted by Gasteiger charge is -2.36. The number of benzene rings is 4. The third-order valence-corrected chi connectivity index (χ3v) is 11.7. The van der Waals surface area contributed by atoms with E-state index in [1.807, 2.05) is 11.0 Å². The number of halogens is 6. The van der Waals surface area contributed by atoms with Gasteiger partial charge in [0.05, 0.1) is 57.1 Å². The summed E-state index contributed by atoms with van der Waals surface area (Å²) >= 11 is 24.4. The van der Waals surface area contributed by atoms with Gasteiger partial charge in [-0.15, -0.1) is 0 Å². The number of aromatic nitrogens is 2. The van der Waals surface area contributed by atoms with Crippen molar-refractivity contribution >= 4 is 81.0 Å². The van der Waals surface area contributed by atoms with E-state index in [4.69, 9.17) is 81.5 Å². The first-order valence-electron chi connectivity index (χ1n) is 19.9. The second-order valence-electron chi connectivity index (χ2n) is 14.3. The van der Waals surface area contributed by atoms with Crippen LogP contribution in [0.2, 0.25) is 20.1 Å². The van der Waals surface area contributed by atoms with Crippen molar-refractivity contribution in [2.75, 3.05) is 87.8 Å². The van der Waals surface area contributed by atoms with E-state index in [9.17, 15) is 18.4 Å². The number of amides is 1. The first-order chi connectivity index (χ1) is 31.3. The highest BCUT2D eigenvalue weighted by molar-refractivity contribution is 6.38. The number of hydrogen-bond acceptors (Lipinski definition) is 13. The van der Waals surface area contributed by atoms with Crippen molar-refractivity contribution in [3.8, 4) is 34.0 Å². The molecule has 2 aromatic heterocycles. The van der Waals surface area contributed by atoms with E-state index >= 15 is 0 Å². The number of carboxylic acids is 1. The average Bonchev–Trinajstić information content (AvgIpc) is 3.97. The minimum atomic E-state index is -1.29. The molecule has 0 atom stereocenters. The number of piperazine rings is 2. The fraction of sp³-hybridized carbons (Fsp3) is 0.273. The fourth-order valence-corrected chi connectivity index (χ4v) is 8.13. The molecule has 0 saturated carbocycles. The summed E-state index contributed by atoms with van der Waals surface area (Å²) in [5.74, 6) is -1.08. The van der Waals surface area contributed by atoms with E-state index in [1.54, 1.807) is 71.6 Å². The van der Waals surface area contributed by atoms with Crippen LogP contribution in [-0.4, -0.2) is 98.8 Å². The van der Waals surface area contributed by atoms with Gasteiger partial charge in [0.1, 0.15) is 34.0 Å². The lowest BCUT2D eigenvalue weighted by Crippen LogP contribution is -2.49. The van der Waals surface area contributed by atoms with Crippen LogP contribution < -0.4 is 36.1 Å². The lowest BCUT2D eigenvalue weighted by molar-refractivity contribution is 0.0692. The number of alkyl halides is 2. The molecule has 2 fully saturated rings. The van der Waals surface area contributed by atoms with Gasteiger partial charge in [0.15, 0.2) is 24.9 Å². The van der Waals surface area contributed by atoms with Gasteiger partial charge in [-0.25, -0.2) is 13.6 Å². The third-order valence-electron chi connectivity index (χ3n) is 10.4. The smallest absolute Gasteiger partial charge is 0.341 e. The van der Waals surface area contributed by atoms with Crippen molar-refractivity contribution in [1.29, 1.82) is 0 Å². The second kappa shape index (κ2) is 22.3. The summed E-state index contributed by atoms with van der Waals surface area (Å²) in [5, 5.41) is 22.0. The largest absolute Gasteiger partial charge is 0.496 e. The number of ether oxygens (including phenoxy) is 2. The van der Waals surface area contributed by atoms with Crippen molar-refractivity contribution in [1.82, 2.24) is 20.5 Å². The molecule has 2 aliphatic heterocycles. The van der Waals surface area contributed by atoms with Crippen LogP contribution in [0.25, 0.3) is 22.5 Å². The van der Waals surface area contributed by atoms with Crippen molar-refractivity contribution in [2.24, 2.45) is 0 Å². The van der Waals surface area contributed by atoms with Crippen LogP contribution in [0.15, 0.2) is 81.8 Å². The van der Waals surface area contributed by atoms with Crippen molar-refractivity contribution in [3.05, 3.63) is 116 Å². The zero-order valence-electron chi connectivity index (χ0n) is 35.1. The highest BCUT2D eigenvalue weighted by atomic mass is 35.5. The molecule has 0 radical (unpaired) electrons. The monoisotopic (exact) mass is 974 g/mol. The van der Waals surface area contributed by atoms with E-state index in [0.717, 1.165) is 37.6 Å². The molecular formula is C44H44Cl4F2N8O7. The maximum absolute atomic E-state index is 13.6. The number of nitrogens with zero attached hydrogens (tertiary/aromatic N) is 5. The molecular weight excluding hydrogens is 932 g/mol. The predicted molar refractivity (Wildman–Crippen MR) is 249 cm³/mol. The van der Waals surface area contributed by atoms with Gasteiger partial charge in [-0.3, -0.25) is 4.79 Å². The van der Waals surface area contributed by atoms with Gasteiger partial charge in [-0.05, 0) is 48.5 Å². The molecule has 8 rings (SSSR count). The molecule has 0 spiro atoms. The summed E-state index contributed by atoms with van der Waals surface area (Å²) in [4.78, 5) is 30.4. The van der Waals surface area contributed by atoms with Gasteiger partial charge in [0.25, 0.3) is 5.91 Å². The number of carbonyl (C=O) groups is 2. The summed E-state index contributed by atoms with van der Waals surface area (Å²) < 4.78 is 46.6. The van der Waals surface area contributed by atoms with Crippen LogP contribution in [0.1, 0.15) is 32.2 Å². The molecule has 6 N–H and O–H groups in total. The summed E-state index contributed by atoms with van der Waals surface area (Å²) in [6.07, 6.45) is 0. The zero-order valence-corrected chi connectivity index (χ0v) is 38.1. The second-order valence-corrected chi connectivity index (χ2v) is 15.9. The van der Waals surface area contributed by atoms with E-state index in [-0.39, 0.29) is 39.9 Å². The lowest BCUT2D eigenvalue weighted by atomic mass is 10.0. The minimum absolute atomic E-state index is 0.0626. The quantitative estimate of drug-likeness (QED) is 0.0948. The zero-order chi connectivity index (χ0) is 46.8. The van der Waals surface area contributed by atoms with Crippen LogP contribution in [0.4, 0.5) is 31.5 Å². The molecule has 344 valence electrons. The van der Waals surface area contributed by atoms with Crippen LogP contribution in [0.3, 0.4) is 0 Å². The number of rotatable bonds is 10. The Hall–Kier alpha value is -5.98. The van der Waals surface area contributed by atoms with E-state index in [2.05, 4.69) is 20.5 Å². The molecule has 0 aliphatic carbocycles. The first-order valence-corrected chi connectivity index (χ1v) is 21.4. The number of carboxylic acid groups (broad SMARTS) is 1. The molecule has 4 aromatic carbocycles. The van der Waals surface area contributed by atoms with Gasteiger partial charge in [0, 0.05) is 63.5 Å². The number of nitrogens with one attached hydrogen (secondary N) is 1. The number of nitrogens with two attached hydrogens (primary N) is 2. The highest BCUT2D eigenvalue weighted by Gasteiger charge is 2.32. The first kappa shape index (κ1) is 48.5. The number of aromatic carboxylic acids is 1. The Bertz CT molecular complexity index is 2620. The van der Waals surface area contributed by atoms with Gasteiger partial charge in [-0.2, -0.15) is 0 Å². The molecule has 0 bridgehead atoms. The Balaban J connectivity index is 0.000000178. The van der Waals surface area contributed by atoms with Gasteiger partial charge >= 0.3 is 5.97 Å². The van der Waals surface area contributed by atoms with Gasteiger partial charge < -0.3 is 55.1 Å². The normalized spacial score (nSPS) is 13.6. The predicted octanol–water partition coefficient (Wildman–Crippen LogP) is 9.17. The van der Waals surface area contributed by atoms with Gasteiger partial charge in [0.2, 0.25) is 0 Å². The SMILES string of the molecule is COc1ccccc1-c1noc(CF)c1C(=O)N1CCN(c2cc(N)c(Cl)cc2Cl)CC1.COc1ccccc1-c1noc(CF)c1C(=O)O.Nc1cc(N2CCNCC2)c(Cl)cc1Cl. The number of anilines is 4. The molecule has 15 nitrogen and oxygen atoms in total. The summed E-state index contributed by atoms with van der Waals surface area (Å²) in [6.45, 7) is 3.71. The van der Waals surface area contributed by atoms with Crippen molar-refractivity contribution in [3.63, 3.8) is 0 Å². The summed E-state index contributed by atoms with van der Waals surface area (Å²) in [5.41, 5.74) is 15.6. The highest BCUT2D eigenvalue weighted by Crippen LogP contribution is 2.37. The maximum Gasteiger partial charge on any atom is 0.341 e. The van der Waals surface area contributed by atoms with E-state index in [0.29, 0.717) is 80.3 Å². The van der Waals surface area contributed by atoms with Gasteiger partial charge in [-0.1, -0.05) is 81.0 Å². The Morgan fingerprint density at radius 1 is 0.677 bits per heavy atom. The van der Waals surface area contributed by atoms with Crippen molar-refractivity contribution in [2.45, 2.75) is 13.3 Å². The summed E-state index contributed by atoms with van der Waals surface area (Å²) in [6, 6.07) is 20.7. The fourth-order valence-electron chi connectivity index (χ4n) is 7.13. The van der Waals surface area contributed by atoms with E-state index < -0.39 is 19.3 Å². The number of hydrogen-bond donors (Lipinski definition) is 4. The summed E-state index contributed by atoms with van der Waals surface area (Å²) in [7, 11) is 2.97.